The Bertz CT molecular complexity index is 533. The fourth-order valence-corrected chi connectivity index (χ4v) is 2.70. The van der Waals surface area contributed by atoms with Gasteiger partial charge in [0.15, 0.2) is 0 Å². The van der Waals surface area contributed by atoms with Crippen molar-refractivity contribution in [3.05, 3.63) is 22.9 Å². The van der Waals surface area contributed by atoms with Crippen LogP contribution in [0.3, 0.4) is 0 Å². The first-order valence-electron chi connectivity index (χ1n) is 7.28. The summed E-state index contributed by atoms with van der Waals surface area (Å²) in [5.41, 5.74) is 0.398. The van der Waals surface area contributed by atoms with E-state index in [0.717, 1.165) is 10.2 Å². The van der Waals surface area contributed by atoms with Crippen LogP contribution in [-0.4, -0.2) is 47.0 Å². The lowest BCUT2D eigenvalue weighted by atomic mass is 10.0. The van der Waals surface area contributed by atoms with Gasteiger partial charge in [-0.3, -0.25) is 4.98 Å². The van der Waals surface area contributed by atoms with Gasteiger partial charge in [-0.25, -0.2) is 4.79 Å². The number of halogens is 1. The number of piperidine rings is 1. The summed E-state index contributed by atoms with van der Waals surface area (Å²) in [4.78, 5) is 18.1. The second-order valence-electron chi connectivity index (χ2n) is 6.42. The van der Waals surface area contributed by atoms with Crippen LogP contribution < -0.4 is 10.2 Å². The van der Waals surface area contributed by atoms with E-state index >= 15 is 0 Å². The first-order chi connectivity index (χ1) is 10.2. The molecular formula is C15H22BrN3O3. The zero-order valence-electron chi connectivity index (χ0n) is 13.0. The first-order valence-corrected chi connectivity index (χ1v) is 8.07. The number of ether oxygens (including phenoxy) is 1. The van der Waals surface area contributed by atoms with Crippen LogP contribution in [0.5, 0.6) is 0 Å². The van der Waals surface area contributed by atoms with E-state index in [-0.39, 0.29) is 6.04 Å². The number of aliphatic hydroxyl groups is 1. The third kappa shape index (κ3) is 4.84. The molecule has 1 aliphatic rings. The maximum absolute atomic E-state index is 11.9. The Labute approximate surface area is 139 Å². The molecule has 1 aromatic rings. The third-order valence-electron chi connectivity index (χ3n) is 3.33. The van der Waals surface area contributed by atoms with Crippen molar-refractivity contribution >= 4 is 27.7 Å². The number of anilines is 1. The fraction of sp³-hybridized carbons (Fsp3) is 0.600. The largest absolute Gasteiger partial charge is 0.444 e. The van der Waals surface area contributed by atoms with Crippen LogP contribution in [0.2, 0.25) is 0 Å². The van der Waals surface area contributed by atoms with Gasteiger partial charge in [0.25, 0.3) is 0 Å². The summed E-state index contributed by atoms with van der Waals surface area (Å²) in [6, 6.07) is 1.59. The normalized spacial score (nSPS) is 22.3. The molecule has 6 nitrogen and oxygen atoms in total. The number of carbonyl (C=O) groups excluding carboxylic acids is 1. The molecule has 0 aliphatic carbocycles. The number of aromatic nitrogens is 1. The zero-order valence-corrected chi connectivity index (χ0v) is 14.6. The van der Waals surface area contributed by atoms with Crippen LogP contribution in [0.15, 0.2) is 22.9 Å². The summed E-state index contributed by atoms with van der Waals surface area (Å²) in [7, 11) is 0. The lowest BCUT2D eigenvalue weighted by Crippen LogP contribution is -2.56. The lowest BCUT2D eigenvalue weighted by Gasteiger charge is -2.37. The SMILES string of the molecule is CC(C)(C)OC(=O)N[C@@H]1CN(c2cncc(Br)c2)CC[C@H]1O. The van der Waals surface area contributed by atoms with Gasteiger partial charge >= 0.3 is 6.09 Å². The molecular weight excluding hydrogens is 350 g/mol. The van der Waals surface area contributed by atoms with E-state index in [1.807, 2.05) is 26.8 Å². The molecule has 22 heavy (non-hydrogen) atoms. The topological polar surface area (TPSA) is 74.7 Å². The number of pyridine rings is 1. The lowest BCUT2D eigenvalue weighted by molar-refractivity contribution is 0.0399. The second kappa shape index (κ2) is 6.83. The number of aliphatic hydroxyl groups excluding tert-OH is 1. The number of alkyl carbamates (subject to hydrolysis) is 1. The molecule has 1 aliphatic heterocycles. The Morgan fingerprint density at radius 1 is 1.50 bits per heavy atom. The van der Waals surface area contributed by atoms with E-state index < -0.39 is 17.8 Å². The number of nitrogens with zero attached hydrogens (tertiary/aromatic N) is 2. The van der Waals surface area contributed by atoms with Gasteiger partial charge in [-0.1, -0.05) is 0 Å². The van der Waals surface area contributed by atoms with Crippen LogP contribution in [-0.2, 0) is 4.74 Å². The number of carbonyl (C=O) groups is 1. The van der Waals surface area contributed by atoms with Crippen molar-refractivity contribution in [3.8, 4) is 0 Å². The van der Waals surface area contributed by atoms with Crippen LogP contribution in [0.25, 0.3) is 0 Å². The number of hydrogen-bond acceptors (Lipinski definition) is 5. The van der Waals surface area contributed by atoms with E-state index in [2.05, 4.69) is 31.1 Å². The third-order valence-corrected chi connectivity index (χ3v) is 3.77. The standard InChI is InChI=1S/C15H22BrN3O3/c1-15(2,3)22-14(21)18-12-9-19(5-4-13(12)20)11-6-10(16)7-17-8-11/h6-8,12-13,20H,4-5,9H2,1-3H3,(H,18,21)/t12-,13-/m1/s1. The molecule has 1 aromatic heterocycles. The quantitative estimate of drug-likeness (QED) is 0.834. The molecule has 1 amide bonds. The van der Waals surface area contributed by atoms with Gasteiger partial charge in [0.05, 0.1) is 24.0 Å². The fourth-order valence-electron chi connectivity index (χ4n) is 2.35. The maximum Gasteiger partial charge on any atom is 0.408 e. The van der Waals surface area contributed by atoms with Gasteiger partial charge in [0, 0.05) is 23.8 Å². The number of hydrogen-bond donors (Lipinski definition) is 2. The van der Waals surface area contributed by atoms with Crippen molar-refractivity contribution < 1.29 is 14.6 Å². The Balaban J connectivity index is 2.01. The molecule has 7 heteroatoms. The van der Waals surface area contributed by atoms with E-state index in [1.165, 1.54) is 0 Å². The average molecular weight is 372 g/mol. The van der Waals surface area contributed by atoms with E-state index in [9.17, 15) is 9.90 Å². The van der Waals surface area contributed by atoms with Gasteiger partial charge in [-0.05, 0) is 49.2 Å². The summed E-state index contributed by atoms with van der Waals surface area (Å²) in [6.45, 7) is 6.65. The molecule has 2 N–H and O–H groups in total. The van der Waals surface area contributed by atoms with Crippen LogP contribution >= 0.6 is 15.9 Å². The molecule has 0 aromatic carbocycles. The summed E-state index contributed by atoms with van der Waals surface area (Å²) < 4.78 is 6.15. The summed E-state index contributed by atoms with van der Waals surface area (Å²) in [5, 5.41) is 12.9. The molecule has 2 heterocycles. The molecule has 0 saturated carbocycles. The van der Waals surface area contributed by atoms with Crippen LogP contribution in [0.4, 0.5) is 10.5 Å². The van der Waals surface area contributed by atoms with Crippen molar-refractivity contribution in [2.24, 2.45) is 0 Å². The summed E-state index contributed by atoms with van der Waals surface area (Å²) in [5.74, 6) is 0. The van der Waals surface area contributed by atoms with Crippen molar-refractivity contribution in [1.29, 1.82) is 0 Å². The predicted molar refractivity (Wildman–Crippen MR) is 87.9 cm³/mol. The van der Waals surface area contributed by atoms with Gasteiger partial charge in [0.2, 0.25) is 0 Å². The van der Waals surface area contributed by atoms with E-state index in [0.29, 0.717) is 19.5 Å². The van der Waals surface area contributed by atoms with Gasteiger partial charge in [-0.2, -0.15) is 0 Å². The highest BCUT2D eigenvalue weighted by Crippen LogP contribution is 2.22. The Hall–Kier alpha value is -1.34. The van der Waals surface area contributed by atoms with Gasteiger partial charge in [0.1, 0.15) is 5.60 Å². The molecule has 2 rings (SSSR count). The number of nitrogens with one attached hydrogen (secondary N) is 1. The average Bonchev–Trinajstić information content (AvgIpc) is 2.39. The highest BCUT2D eigenvalue weighted by Gasteiger charge is 2.30. The minimum Gasteiger partial charge on any atom is -0.444 e. The molecule has 0 radical (unpaired) electrons. The monoisotopic (exact) mass is 371 g/mol. The maximum atomic E-state index is 11.9. The Morgan fingerprint density at radius 2 is 2.23 bits per heavy atom. The van der Waals surface area contributed by atoms with Crippen LogP contribution in [0.1, 0.15) is 27.2 Å². The number of rotatable bonds is 2. The van der Waals surface area contributed by atoms with Crippen LogP contribution in [0, 0.1) is 0 Å². The molecule has 0 spiro atoms. The molecule has 0 bridgehead atoms. The second-order valence-corrected chi connectivity index (χ2v) is 7.33. The Morgan fingerprint density at radius 3 is 2.86 bits per heavy atom. The van der Waals surface area contributed by atoms with Gasteiger partial charge in [-0.15, -0.1) is 0 Å². The smallest absolute Gasteiger partial charge is 0.408 e. The van der Waals surface area contributed by atoms with Crippen molar-refractivity contribution in [1.82, 2.24) is 10.3 Å². The van der Waals surface area contributed by atoms with Crippen molar-refractivity contribution in [3.63, 3.8) is 0 Å². The minimum atomic E-state index is -0.580. The minimum absolute atomic E-state index is 0.373. The summed E-state index contributed by atoms with van der Waals surface area (Å²) in [6.07, 6.45) is 2.98. The Kier molecular flexibility index (Phi) is 5.28. The molecule has 2 atom stereocenters. The first kappa shape index (κ1) is 17.0. The summed E-state index contributed by atoms with van der Waals surface area (Å²) >= 11 is 3.40. The van der Waals surface area contributed by atoms with Crippen molar-refractivity contribution in [2.45, 2.75) is 44.9 Å². The number of amides is 1. The van der Waals surface area contributed by atoms with Gasteiger partial charge < -0.3 is 20.1 Å². The highest BCUT2D eigenvalue weighted by molar-refractivity contribution is 9.10. The zero-order chi connectivity index (χ0) is 16.3. The molecule has 122 valence electrons. The van der Waals surface area contributed by atoms with E-state index in [1.54, 1.807) is 12.4 Å². The molecule has 1 fully saturated rings. The van der Waals surface area contributed by atoms with E-state index in [4.69, 9.17) is 4.74 Å². The molecule has 0 unspecified atom stereocenters. The highest BCUT2D eigenvalue weighted by atomic mass is 79.9. The van der Waals surface area contributed by atoms with Crippen molar-refractivity contribution in [2.75, 3.05) is 18.0 Å². The predicted octanol–water partition coefficient (Wildman–Crippen LogP) is 2.31. The molecule has 1 saturated heterocycles.